The Labute approximate surface area is 124 Å². The van der Waals surface area contributed by atoms with E-state index in [-0.39, 0.29) is 5.78 Å². The van der Waals surface area contributed by atoms with Crippen molar-refractivity contribution >= 4 is 5.78 Å². The number of rotatable bonds is 3. The molecule has 3 aromatic rings. The molecule has 0 aliphatic rings. The van der Waals surface area contributed by atoms with Crippen LogP contribution in [0.3, 0.4) is 0 Å². The molecule has 0 amide bonds. The SMILES string of the molecule is CC(=O)c1cc(-c2ccccc2)c(-c2ccccc2)n1C. The maximum atomic E-state index is 11.9. The normalized spacial score (nSPS) is 10.6. The minimum absolute atomic E-state index is 0.0804. The maximum absolute atomic E-state index is 11.9. The van der Waals surface area contributed by atoms with Crippen molar-refractivity contribution in [3.05, 3.63) is 72.4 Å². The van der Waals surface area contributed by atoms with Crippen molar-refractivity contribution in [3.8, 4) is 22.4 Å². The second kappa shape index (κ2) is 5.41. The fourth-order valence-corrected chi connectivity index (χ4v) is 2.72. The third-order valence-electron chi connectivity index (χ3n) is 3.73. The number of hydrogen-bond acceptors (Lipinski definition) is 1. The zero-order valence-corrected chi connectivity index (χ0v) is 12.2. The van der Waals surface area contributed by atoms with E-state index in [0.29, 0.717) is 0 Å². The molecule has 2 heteroatoms. The van der Waals surface area contributed by atoms with Crippen molar-refractivity contribution in [1.29, 1.82) is 0 Å². The molecule has 0 fully saturated rings. The Morgan fingerprint density at radius 1 is 0.857 bits per heavy atom. The van der Waals surface area contributed by atoms with E-state index >= 15 is 0 Å². The second-order valence-corrected chi connectivity index (χ2v) is 5.14. The van der Waals surface area contributed by atoms with E-state index in [1.165, 1.54) is 0 Å². The lowest BCUT2D eigenvalue weighted by atomic mass is 10.0. The van der Waals surface area contributed by atoms with Gasteiger partial charge in [-0.05, 0) is 17.2 Å². The van der Waals surface area contributed by atoms with Gasteiger partial charge < -0.3 is 4.57 Å². The van der Waals surface area contributed by atoms with Gasteiger partial charge in [0.2, 0.25) is 0 Å². The Hall–Kier alpha value is -2.61. The molecule has 0 aliphatic carbocycles. The van der Waals surface area contributed by atoms with Crippen LogP contribution in [0.4, 0.5) is 0 Å². The third-order valence-corrected chi connectivity index (χ3v) is 3.73. The van der Waals surface area contributed by atoms with Crippen LogP contribution >= 0.6 is 0 Å². The molecule has 0 radical (unpaired) electrons. The maximum Gasteiger partial charge on any atom is 0.176 e. The number of Topliss-reactive ketones (excluding diaryl/α,β-unsaturated/α-hetero) is 1. The fourth-order valence-electron chi connectivity index (χ4n) is 2.72. The summed E-state index contributed by atoms with van der Waals surface area (Å²) in [6.45, 7) is 1.61. The molecule has 0 atom stereocenters. The van der Waals surface area contributed by atoms with Gasteiger partial charge in [-0.3, -0.25) is 4.79 Å². The largest absolute Gasteiger partial charge is 0.341 e. The van der Waals surface area contributed by atoms with Crippen molar-refractivity contribution in [2.45, 2.75) is 6.92 Å². The first-order valence-electron chi connectivity index (χ1n) is 7.00. The van der Waals surface area contributed by atoms with Crippen molar-refractivity contribution in [2.75, 3.05) is 0 Å². The summed E-state index contributed by atoms with van der Waals surface area (Å²) in [5.41, 5.74) is 5.14. The number of ketones is 1. The van der Waals surface area contributed by atoms with Gasteiger partial charge in [-0.2, -0.15) is 0 Å². The van der Waals surface area contributed by atoms with Gasteiger partial charge in [-0.1, -0.05) is 60.7 Å². The predicted octanol–water partition coefficient (Wildman–Crippen LogP) is 4.56. The first-order chi connectivity index (χ1) is 10.2. The zero-order valence-electron chi connectivity index (χ0n) is 12.2. The summed E-state index contributed by atoms with van der Waals surface area (Å²) in [4.78, 5) is 11.9. The summed E-state index contributed by atoms with van der Waals surface area (Å²) >= 11 is 0. The average molecular weight is 275 g/mol. The lowest BCUT2D eigenvalue weighted by Crippen LogP contribution is -2.02. The first-order valence-corrected chi connectivity index (χ1v) is 7.00. The molecule has 2 nitrogen and oxygen atoms in total. The van der Waals surface area contributed by atoms with Crippen LogP contribution in [-0.4, -0.2) is 10.4 Å². The quantitative estimate of drug-likeness (QED) is 0.642. The fraction of sp³-hybridized carbons (Fsp3) is 0.105. The van der Waals surface area contributed by atoms with Gasteiger partial charge in [0.15, 0.2) is 5.78 Å². The van der Waals surface area contributed by atoms with Gasteiger partial charge in [0.05, 0.1) is 11.4 Å². The van der Waals surface area contributed by atoms with Gasteiger partial charge in [-0.25, -0.2) is 0 Å². The summed E-state index contributed by atoms with van der Waals surface area (Å²) in [7, 11) is 1.95. The van der Waals surface area contributed by atoms with Crippen LogP contribution in [0.15, 0.2) is 66.7 Å². The van der Waals surface area contributed by atoms with Crippen molar-refractivity contribution in [1.82, 2.24) is 4.57 Å². The van der Waals surface area contributed by atoms with Crippen LogP contribution < -0.4 is 0 Å². The van der Waals surface area contributed by atoms with E-state index in [1.54, 1.807) is 6.92 Å². The molecule has 1 heterocycles. The highest BCUT2D eigenvalue weighted by Gasteiger charge is 2.17. The molecular formula is C19H17NO. The third kappa shape index (κ3) is 2.40. The molecule has 0 aliphatic heterocycles. The van der Waals surface area contributed by atoms with Crippen molar-refractivity contribution in [3.63, 3.8) is 0 Å². The van der Waals surface area contributed by atoms with Crippen molar-refractivity contribution in [2.24, 2.45) is 7.05 Å². The molecular weight excluding hydrogens is 258 g/mol. The standard InChI is InChI=1S/C19H17NO/c1-14(21)18-13-17(15-9-5-3-6-10-15)19(20(18)2)16-11-7-4-8-12-16/h3-13H,1-2H3. The number of carbonyl (C=O) groups excluding carboxylic acids is 1. The summed E-state index contributed by atoms with van der Waals surface area (Å²) in [5.74, 6) is 0.0804. The van der Waals surface area contributed by atoms with Gasteiger partial charge in [0.1, 0.15) is 0 Å². The van der Waals surface area contributed by atoms with Crippen LogP contribution in [-0.2, 0) is 7.05 Å². The lowest BCUT2D eigenvalue weighted by molar-refractivity contribution is 0.101. The minimum atomic E-state index is 0.0804. The van der Waals surface area contributed by atoms with E-state index in [1.807, 2.05) is 54.1 Å². The van der Waals surface area contributed by atoms with E-state index in [0.717, 1.165) is 28.1 Å². The molecule has 0 saturated carbocycles. The number of carbonyl (C=O) groups is 1. The van der Waals surface area contributed by atoms with E-state index in [4.69, 9.17) is 0 Å². The number of benzene rings is 2. The Balaban J connectivity index is 2.29. The van der Waals surface area contributed by atoms with E-state index in [9.17, 15) is 4.79 Å². The topological polar surface area (TPSA) is 22.0 Å². The molecule has 0 spiro atoms. The first kappa shape index (κ1) is 13.4. The zero-order chi connectivity index (χ0) is 14.8. The van der Waals surface area contributed by atoms with Gasteiger partial charge in [-0.15, -0.1) is 0 Å². The summed E-state index contributed by atoms with van der Waals surface area (Å²) in [6, 6.07) is 22.4. The highest BCUT2D eigenvalue weighted by Crippen LogP contribution is 2.34. The molecule has 2 aromatic carbocycles. The van der Waals surface area contributed by atoms with Crippen LogP contribution in [0.2, 0.25) is 0 Å². The molecule has 21 heavy (non-hydrogen) atoms. The number of nitrogens with zero attached hydrogens (tertiary/aromatic N) is 1. The smallest absolute Gasteiger partial charge is 0.176 e. The van der Waals surface area contributed by atoms with Crippen LogP contribution in [0, 0.1) is 0 Å². The Morgan fingerprint density at radius 3 is 1.90 bits per heavy atom. The van der Waals surface area contributed by atoms with E-state index < -0.39 is 0 Å². The van der Waals surface area contributed by atoms with Crippen LogP contribution in [0.1, 0.15) is 17.4 Å². The Kier molecular flexibility index (Phi) is 3.44. The van der Waals surface area contributed by atoms with Gasteiger partial charge >= 0.3 is 0 Å². The number of hydrogen-bond donors (Lipinski definition) is 0. The molecule has 104 valence electrons. The monoisotopic (exact) mass is 275 g/mol. The van der Waals surface area contributed by atoms with Crippen molar-refractivity contribution < 1.29 is 4.79 Å². The summed E-state index contributed by atoms with van der Waals surface area (Å²) in [5, 5.41) is 0. The van der Waals surface area contributed by atoms with Crippen LogP contribution in [0.25, 0.3) is 22.4 Å². The van der Waals surface area contributed by atoms with Gasteiger partial charge in [0, 0.05) is 19.5 Å². The summed E-state index contributed by atoms with van der Waals surface area (Å²) in [6.07, 6.45) is 0. The van der Waals surface area contributed by atoms with Gasteiger partial charge in [0.25, 0.3) is 0 Å². The highest BCUT2D eigenvalue weighted by molar-refractivity contribution is 5.97. The minimum Gasteiger partial charge on any atom is -0.341 e. The predicted molar refractivity (Wildman–Crippen MR) is 86.3 cm³/mol. The molecule has 0 saturated heterocycles. The molecule has 3 rings (SSSR count). The second-order valence-electron chi connectivity index (χ2n) is 5.14. The molecule has 0 bridgehead atoms. The molecule has 1 aromatic heterocycles. The average Bonchev–Trinajstić information content (AvgIpc) is 2.87. The van der Waals surface area contributed by atoms with E-state index in [2.05, 4.69) is 24.3 Å². The molecule has 0 unspecified atom stereocenters. The lowest BCUT2D eigenvalue weighted by Gasteiger charge is -2.09. The van der Waals surface area contributed by atoms with Crippen LogP contribution in [0.5, 0.6) is 0 Å². The molecule has 0 N–H and O–H groups in total. The Morgan fingerprint density at radius 2 is 1.38 bits per heavy atom. The number of aromatic nitrogens is 1. The Bertz CT molecular complexity index is 770. The summed E-state index contributed by atoms with van der Waals surface area (Å²) < 4.78 is 1.99. The highest BCUT2D eigenvalue weighted by atomic mass is 16.1.